The summed E-state index contributed by atoms with van der Waals surface area (Å²) in [6.07, 6.45) is 1.54. The third-order valence-corrected chi connectivity index (χ3v) is 7.04. The molecule has 1 fully saturated rings. The maximum Gasteiger partial charge on any atom is 0.348 e. The second-order valence-electron chi connectivity index (χ2n) is 8.21. The number of nitrogens with zero attached hydrogens (tertiary/aromatic N) is 4. The van der Waals surface area contributed by atoms with Crippen LogP contribution in [0, 0.1) is 6.92 Å². The lowest BCUT2D eigenvalue weighted by molar-refractivity contribution is 0.0531. The van der Waals surface area contributed by atoms with E-state index in [0.717, 1.165) is 27.2 Å². The van der Waals surface area contributed by atoms with E-state index < -0.39 is 0 Å². The summed E-state index contributed by atoms with van der Waals surface area (Å²) in [5.74, 6) is 0.993. The van der Waals surface area contributed by atoms with Gasteiger partial charge in [-0.2, -0.15) is 0 Å². The van der Waals surface area contributed by atoms with Gasteiger partial charge < -0.3 is 14.5 Å². The molecular weight excluding hydrogens is 424 g/mol. The fraction of sp³-hybridized carbons (Fsp3) is 0.417. The van der Waals surface area contributed by atoms with Crippen molar-refractivity contribution in [1.82, 2.24) is 14.9 Å². The van der Waals surface area contributed by atoms with E-state index in [1.54, 1.807) is 6.92 Å². The average Bonchev–Trinajstić information content (AvgIpc) is 3.16. The molecule has 0 saturated carbocycles. The quantitative estimate of drug-likeness (QED) is 0.539. The van der Waals surface area contributed by atoms with Crippen LogP contribution in [-0.2, 0) is 4.74 Å². The van der Waals surface area contributed by atoms with Gasteiger partial charge in [0.2, 0.25) is 0 Å². The minimum Gasteiger partial charge on any atom is -0.462 e. The van der Waals surface area contributed by atoms with Gasteiger partial charge in [0, 0.05) is 31.7 Å². The zero-order valence-electron chi connectivity index (χ0n) is 18.9. The Hall–Kier alpha value is -3.00. The van der Waals surface area contributed by atoms with Crippen LogP contribution in [0.2, 0.25) is 0 Å². The van der Waals surface area contributed by atoms with Crippen molar-refractivity contribution in [2.24, 2.45) is 0 Å². The molecular formula is C24H28N4O3S. The number of amides is 1. The fourth-order valence-electron chi connectivity index (χ4n) is 4.00. The molecule has 1 aromatic carbocycles. The van der Waals surface area contributed by atoms with Crippen molar-refractivity contribution in [3.8, 4) is 0 Å². The van der Waals surface area contributed by atoms with E-state index in [-0.39, 0.29) is 11.9 Å². The molecule has 3 aromatic rings. The Morgan fingerprint density at radius 3 is 2.41 bits per heavy atom. The molecule has 0 spiro atoms. The fourth-order valence-corrected chi connectivity index (χ4v) is 5.04. The number of esters is 1. The number of piperazine rings is 1. The third kappa shape index (κ3) is 4.19. The molecule has 1 amide bonds. The van der Waals surface area contributed by atoms with Crippen LogP contribution in [0.25, 0.3) is 10.2 Å². The van der Waals surface area contributed by atoms with Crippen molar-refractivity contribution in [2.75, 3.05) is 37.7 Å². The molecule has 7 nitrogen and oxygen atoms in total. The van der Waals surface area contributed by atoms with Gasteiger partial charge in [-0.15, -0.1) is 11.3 Å². The number of fused-ring (bicyclic) bond motifs is 1. The summed E-state index contributed by atoms with van der Waals surface area (Å²) in [6, 6.07) is 7.91. The van der Waals surface area contributed by atoms with Gasteiger partial charge >= 0.3 is 5.97 Å². The Labute approximate surface area is 192 Å². The minimum absolute atomic E-state index is 0.0594. The first-order valence-corrected chi connectivity index (χ1v) is 11.8. The van der Waals surface area contributed by atoms with E-state index in [4.69, 9.17) is 4.74 Å². The zero-order valence-corrected chi connectivity index (χ0v) is 19.7. The number of rotatable bonds is 5. The number of hydrogen-bond donors (Lipinski definition) is 0. The Balaban J connectivity index is 1.50. The van der Waals surface area contributed by atoms with Crippen molar-refractivity contribution in [2.45, 2.75) is 33.6 Å². The predicted octanol–water partition coefficient (Wildman–Crippen LogP) is 4.26. The van der Waals surface area contributed by atoms with Crippen molar-refractivity contribution in [3.63, 3.8) is 0 Å². The highest BCUT2D eigenvalue weighted by Crippen LogP contribution is 2.35. The van der Waals surface area contributed by atoms with Crippen molar-refractivity contribution in [3.05, 3.63) is 52.2 Å². The van der Waals surface area contributed by atoms with E-state index in [1.165, 1.54) is 23.2 Å². The Morgan fingerprint density at radius 1 is 1.09 bits per heavy atom. The average molecular weight is 453 g/mol. The zero-order chi connectivity index (χ0) is 22.8. The van der Waals surface area contributed by atoms with Gasteiger partial charge in [0.15, 0.2) is 0 Å². The summed E-state index contributed by atoms with van der Waals surface area (Å²) in [4.78, 5) is 39.6. The van der Waals surface area contributed by atoms with Crippen molar-refractivity contribution >= 4 is 39.2 Å². The molecule has 4 rings (SSSR count). The smallest absolute Gasteiger partial charge is 0.348 e. The molecule has 0 radical (unpaired) electrons. The van der Waals surface area contributed by atoms with E-state index in [0.29, 0.717) is 43.6 Å². The summed E-state index contributed by atoms with van der Waals surface area (Å²) in [7, 11) is 0. The molecule has 0 bridgehead atoms. The van der Waals surface area contributed by atoms with Gasteiger partial charge in [0.05, 0.1) is 12.0 Å². The normalized spacial score (nSPS) is 14.3. The van der Waals surface area contributed by atoms with Crippen LogP contribution in [0.4, 0.5) is 5.82 Å². The number of hydrogen-bond acceptors (Lipinski definition) is 7. The SMILES string of the molecule is CCOC(=O)c1sc2ncnc(N3CCN(C(=O)c4ccc(C(C)C)cc4)CC3)c2c1C. The number of thiophene rings is 1. The van der Waals surface area contributed by atoms with E-state index >= 15 is 0 Å². The molecule has 0 unspecified atom stereocenters. The first kappa shape index (κ1) is 22.2. The van der Waals surface area contributed by atoms with Crippen LogP contribution in [-0.4, -0.2) is 59.5 Å². The van der Waals surface area contributed by atoms with E-state index in [9.17, 15) is 9.59 Å². The molecule has 0 aliphatic carbocycles. The summed E-state index contributed by atoms with van der Waals surface area (Å²) in [5.41, 5.74) is 2.80. The second kappa shape index (κ2) is 9.24. The largest absolute Gasteiger partial charge is 0.462 e. The number of aromatic nitrogens is 2. The lowest BCUT2D eigenvalue weighted by Gasteiger charge is -2.35. The van der Waals surface area contributed by atoms with E-state index in [1.807, 2.05) is 36.1 Å². The molecule has 168 valence electrons. The monoisotopic (exact) mass is 452 g/mol. The number of aryl methyl sites for hydroxylation is 1. The Kier molecular flexibility index (Phi) is 6.41. The lowest BCUT2D eigenvalue weighted by Crippen LogP contribution is -2.49. The summed E-state index contributed by atoms with van der Waals surface area (Å²) in [6.45, 7) is 10.9. The predicted molar refractivity (Wildman–Crippen MR) is 127 cm³/mol. The second-order valence-corrected chi connectivity index (χ2v) is 9.21. The van der Waals surface area contributed by atoms with Crippen LogP contribution in [0.1, 0.15) is 57.8 Å². The Morgan fingerprint density at radius 2 is 1.78 bits per heavy atom. The lowest BCUT2D eigenvalue weighted by atomic mass is 10.0. The minimum atomic E-state index is -0.321. The molecule has 32 heavy (non-hydrogen) atoms. The number of anilines is 1. The van der Waals surface area contributed by atoms with Gasteiger partial charge in [-0.3, -0.25) is 4.79 Å². The number of carbonyl (C=O) groups is 2. The molecule has 1 aliphatic rings. The van der Waals surface area contributed by atoms with Gasteiger partial charge in [-0.25, -0.2) is 14.8 Å². The number of carbonyl (C=O) groups excluding carboxylic acids is 2. The molecule has 3 heterocycles. The van der Waals surface area contributed by atoms with Crippen LogP contribution in [0.5, 0.6) is 0 Å². The van der Waals surface area contributed by atoms with Crippen LogP contribution < -0.4 is 4.90 Å². The number of benzene rings is 1. The first-order valence-electron chi connectivity index (χ1n) is 11.0. The van der Waals surface area contributed by atoms with Gasteiger partial charge in [-0.05, 0) is 43.0 Å². The third-order valence-electron chi connectivity index (χ3n) is 5.86. The van der Waals surface area contributed by atoms with Crippen LogP contribution >= 0.6 is 11.3 Å². The van der Waals surface area contributed by atoms with Crippen molar-refractivity contribution in [1.29, 1.82) is 0 Å². The first-order chi connectivity index (χ1) is 15.4. The molecule has 0 N–H and O–H groups in total. The molecule has 2 aromatic heterocycles. The van der Waals surface area contributed by atoms with Gasteiger partial charge in [0.1, 0.15) is 21.9 Å². The topological polar surface area (TPSA) is 75.6 Å². The molecule has 8 heteroatoms. The van der Waals surface area contributed by atoms with E-state index in [2.05, 4.69) is 28.7 Å². The highest BCUT2D eigenvalue weighted by molar-refractivity contribution is 7.20. The maximum atomic E-state index is 13.0. The summed E-state index contributed by atoms with van der Waals surface area (Å²) in [5, 5.41) is 0.893. The van der Waals surface area contributed by atoms with Gasteiger partial charge in [-0.1, -0.05) is 26.0 Å². The van der Waals surface area contributed by atoms with Gasteiger partial charge in [0.25, 0.3) is 5.91 Å². The standard InChI is InChI=1S/C24H28N4O3S/c1-5-31-24(30)20-16(4)19-21(25-14-26-22(19)32-20)27-10-12-28(13-11-27)23(29)18-8-6-17(7-9-18)15(2)3/h6-9,14-15H,5,10-13H2,1-4H3. The highest BCUT2D eigenvalue weighted by Gasteiger charge is 2.27. The molecule has 0 atom stereocenters. The molecule has 1 saturated heterocycles. The van der Waals surface area contributed by atoms with Crippen molar-refractivity contribution < 1.29 is 14.3 Å². The Bertz CT molecular complexity index is 1130. The van der Waals surface area contributed by atoms with Crippen LogP contribution in [0.3, 0.4) is 0 Å². The van der Waals surface area contributed by atoms with Crippen LogP contribution in [0.15, 0.2) is 30.6 Å². The summed E-state index contributed by atoms with van der Waals surface area (Å²) >= 11 is 1.34. The maximum absolute atomic E-state index is 13.0. The highest BCUT2D eigenvalue weighted by atomic mass is 32.1. The number of ether oxygens (including phenoxy) is 1. The summed E-state index contributed by atoms with van der Waals surface area (Å²) < 4.78 is 5.19. The molecule has 1 aliphatic heterocycles.